The van der Waals surface area contributed by atoms with Crippen molar-refractivity contribution in [2.24, 2.45) is 23.2 Å². The summed E-state index contributed by atoms with van der Waals surface area (Å²) in [6, 6.07) is 5.67. The molecule has 1 aromatic rings. The van der Waals surface area contributed by atoms with E-state index in [2.05, 4.69) is 5.32 Å². The molecule has 0 radical (unpaired) electrons. The summed E-state index contributed by atoms with van der Waals surface area (Å²) in [5.74, 6) is 4.32. The van der Waals surface area contributed by atoms with Crippen LogP contribution in [0.3, 0.4) is 0 Å². The molecule has 4 bridgehead atoms. The molecule has 1 aromatic carbocycles. The molecule has 1 amide bonds. The number of carbonyl (C=O) groups excluding carboxylic acids is 1. The molecular formula is C20H25NO3. The lowest BCUT2D eigenvalue weighted by atomic mass is 9.49. The first-order chi connectivity index (χ1) is 11.7. The van der Waals surface area contributed by atoms with Gasteiger partial charge in [0.05, 0.1) is 0 Å². The fourth-order valence-corrected chi connectivity index (χ4v) is 6.17. The Hall–Kier alpha value is -1.71. The fraction of sp³-hybridized carbons (Fsp3) is 0.650. The SMILES string of the molecule is O=C(CC12CC3CC(CC(C3)C1)C2)Nc1ccc2c(c1)OCCO2. The largest absolute Gasteiger partial charge is 0.486 e. The van der Waals surface area contributed by atoms with Gasteiger partial charge in [-0.1, -0.05) is 0 Å². The van der Waals surface area contributed by atoms with Gasteiger partial charge in [-0.2, -0.15) is 0 Å². The molecular weight excluding hydrogens is 302 g/mol. The van der Waals surface area contributed by atoms with Crippen LogP contribution in [-0.2, 0) is 4.79 Å². The van der Waals surface area contributed by atoms with E-state index < -0.39 is 0 Å². The van der Waals surface area contributed by atoms with Crippen LogP contribution in [0.2, 0.25) is 0 Å². The molecule has 0 saturated heterocycles. The third-order valence-corrected chi connectivity index (χ3v) is 6.53. The maximum atomic E-state index is 12.7. The summed E-state index contributed by atoms with van der Waals surface area (Å²) in [6.45, 7) is 1.16. The van der Waals surface area contributed by atoms with E-state index >= 15 is 0 Å². The van der Waals surface area contributed by atoms with Crippen LogP contribution in [0.4, 0.5) is 5.69 Å². The highest BCUT2D eigenvalue weighted by Crippen LogP contribution is 2.61. The van der Waals surface area contributed by atoms with Crippen LogP contribution in [0.15, 0.2) is 18.2 Å². The van der Waals surface area contributed by atoms with Crippen LogP contribution in [0.1, 0.15) is 44.9 Å². The number of nitrogens with one attached hydrogen (secondary N) is 1. The Morgan fingerprint density at radius 3 is 2.29 bits per heavy atom. The lowest BCUT2D eigenvalue weighted by molar-refractivity contribution is -0.124. The lowest BCUT2D eigenvalue weighted by Crippen LogP contribution is -2.47. The predicted molar refractivity (Wildman–Crippen MR) is 91.3 cm³/mol. The van der Waals surface area contributed by atoms with E-state index in [9.17, 15) is 4.79 Å². The number of hydrogen-bond acceptors (Lipinski definition) is 3. The van der Waals surface area contributed by atoms with E-state index in [-0.39, 0.29) is 11.3 Å². The first-order valence-electron chi connectivity index (χ1n) is 9.37. The zero-order chi connectivity index (χ0) is 16.1. The Morgan fingerprint density at radius 1 is 1.00 bits per heavy atom. The third-order valence-electron chi connectivity index (χ3n) is 6.53. The first-order valence-corrected chi connectivity index (χ1v) is 9.37. The van der Waals surface area contributed by atoms with E-state index in [1.54, 1.807) is 0 Å². The highest BCUT2D eigenvalue weighted by Gasteiger charge is 2.51. The number of anilines is 1. The van der Waals surface area contributed by atoms with Gasteiger partial charge < -0.3 is 14.8 Å². The van der Waals surface area contributed by atoms with Crippen LogP contribution < -0.4 is 14.8 Å². The monoisotopic (exact) mass is 327 g/mol. The van der Waals surface area contributed by atoms with Crippen molar-refractivity contribution in [3.63, 3.8) is 0 Å². The summed E-state index contributed by atoms with van der Waals surface area (Å²) in [5, 5.41) is 3.09. The van der Waals surface area contributed by atoms with Crippen molar-refractivity contribution >= 4 is 11.6 Å². The molecule has 4 saturated carbocycles. The smallest absolute Gasteiger partial charge is 0.224 e. The minimum absolute atomic E-state index is 0.161. The van der Waals surface area contributed by atoms with E-state index in [0.29, 0.717) is 19.6 Å². The van der Waals surface area contributed by atoms with Crippen LogP contribution >= 0.6 is 0 Å². The van der Waals surface area contributed by atoms with Crippen molar-refractivity contribution in [3.05, 3.63) is 18.2 Å². The minimum atomic E-state index is 0.161. The van der Waals surface area contributed by atoms with Gasteiger partial charge in [-0.15, -0.1) is 0 Å². The van der Waals surface area contributed by atoms with E-state index in [0.717, 1.165) is 34.9 Å². The van der Waals surface area contributed by atoms with Crippen LogP contribution in [0.25, 0.3) is 0 Å². The topological polar surface area (TPSA) is 47.6 Å². The summed E-state index contributed by atoms with van der Waals surface area (Å²) >= 11 is 0. The highest BCUT2D eigenvalue weighted by atomic mass is 16.6. The lowest BCUT2D eigenvalue weighted by Gasteiger charge is -2.56. The van der Waals surface area contributed by atoms with Crippen molar-refractivity contribution in [2.75, 3.05) is 18.5 Å². The number of fused-ring (bicyclic) bond motifs is 1. The van der Waals surface area contributed by atoms with E-state index in [1.807, 2.05) is 18.2 Å². The standard InChI is InChI=1S/C20H25NO3/c22-19(21-16-1-2-17-18(8-16)24-4-3-23-17)12-20-9-13-5-14(10-20)7-15(6-13)11-20/h1-2,8,13-15H,3-7,9-12H2,(H,21,22). The van der Waals surface area contributed by atoms with Crippen molar-refractivity contribution in [1.82, 2.24) is 0 Å². The molecule has 4 aliphatic carbocycles. The molecule has 0 atom stereocenters. The maximum absolute atomic E-state index is 12.7. The Morgan fingerprint density at radius 2 is 1.62 bits per heavy atom. The quantitative estimate of drug-likeness (QED) is 0.913. The molecule has 0 aromatic heterocycles. The Kier molecular flexibility index (Phi) is 3.29. The van der Waals surface area contributed by atoms with Crippen molar-refractivity contribution in [1.29, 1.82) is 0 Å². The average Bonchev–Trinajstić information content (AvgIpc) is 2.52. The number of carbonyl (C=O) groups is 1. The van der Waals surface area contributed by atoms with Gasteiger partial charge in [0.1, 0.15) is 13.2 Å². The van der Waals surface area contributed by atoms with Gasteiger partial charge in [0.15, 0.2) is 11.5 Å². The zero-order valence-corrected chi connectivity index (χ0v) is 14.1. The number of benzene rings is 1. The van der Waals surface area contributed by atoms with Crippen LogP contribution in [0.5, 0.6) is 11.5 Å². The van der Waals surface area contributed by atoms with Gasteiger partial charge in [0, 0.05) is 18.2 Å². The van der Waals surface area contributed by atoms with Gasteiger partial charge in [0.2, 0.25) is 5.91 Å². The number of amides is 1. The van der Waals surface area contributed by atoms with E-state index in [1.165, 1.54) is 38.5 Å². The molecule has 1 N–H and O–H groups in total. The second-order valence-electron chi connectivity index (χ2n) is 8.50. The van der Waals surface area contributed by atoms with Crippen molar-refractivity contribution in [2.45, 2.75) is 44.9 Å². The summed E-state index contributed by atoms with van der Waals surface area (Å²) in [7, 11) is 0. The van der Waals surface area contributed by atoms with Gasteiger partial charge in [0.25, 0.3) is 0 Å². The molecule has 24 heavy (non-hydrogen) atoms. The second-order valence-corrected chi connectivity index (χ2v) is 8.50. The Labute approximate surface area is 142 Å². The second kappa shape index (κ2) is 5.40. The van der Waals surface area contributed by atoms with Crippen molar-refractivity contribution < 1.29 is 14.3 Å². The molecule has 0 unspecified atom stereocenters. The molecule has 6 rings (SSSR count). The molecule has 4 fully saturated rings. The minimum Gasteiger partial charge on any atom is -0.486 e. The Bertz CT molecular complexity index is 634. The third kappa shape index (κ3) is 2.56. The van der Waals surface area contributed by atoms with Crippen LogP contribution in [-0.4, -0.2) is 19.1 Å². The molecule has 4 heteroatoms. The summed E-state index contributed by atoms with van der Waals surface area (Å²) in [4.78, 5) is 12.7. The number of hydrogen-bond donors (Lipinski definition) is 1. The fourth-order valence-electron chi connectivity index (χ4n) is 6.17. The molecule has 5 aliphatic rings. The molecule has 4 nitrogen and oxygen atoms in total. The van der Waals surface area contributed by atoms with Crippen LogP contribution in [0, 0.1) is 23.2 Å². The average molecular weight is 327 g/mol. The number of rotatable bonds is 3. The first kappa shape index (κ1) is 14.6. The van der Waals surface area contributed by atoms with Crippen molar-refractivity contribution in [3.8, 4) is 11.5 Å². The highest BCUT2D eigenvalue weighted by molar-refractivity contribution is 5.91. The molecule has 128 valence electrons. The summed E-state index contributed by atoms with van der Waals surface area (Å²) < 4.78 is 11.1. The maximum Gasteiger partial charge on any atom is 0.224 e. The zero-order valence-electron chi connectivity index (χ0n) is 14.1. The number of ether oxygens (including phenoxy) is 2. The van der Waals surface area contributed by atoms with Gasteiger partial charge in [-0.05, 0) is 73.8 Å². The molecule has 1 heterocycles. The van der Waals surface area contributed by atoms with Gasteiger partial charge >= 0.3 is 0 Å². The summed E-state index contributed by atoms with van der Waals surface area (Å²) in [6.07, 6.45) is 8.76. The molecule has 0 spiro atoms. The summed E-state index contributed by atoms with van der Waals surface area (Å²) in [5.41, 5.74) is 1.10. The Balaban J connectivity index is 1.28. The van der Waals surface area contributed by atoms with E-state index in [4.69, 9.17) is 9.47 Å². The van der Waals surface area contributed by atoms with Gasteiger partial charge in [-0.3, -0.25) is 4.79 Å². The molecule has 1 aliphatic heterocycles. The van der Waals surface area contributed by atoms with Gasteiger partial charge in [-0.25, -0.2) is 0 Å². The predicted octanol–water partition coefficient (Wildman–Crippen LogP) is 4.00. The normalized spacial score (nSPS) is 35.8.